The molecule has 0 spiro atoms. The van der Waals surface area contributed by atoms with E-state index in [2.05, 4.69) is 42.8 Å². The largest absolute Gasteiger partial charge is 0.389 e. The first-order valence-corrected chi connectivity index (χ1v) is 6.94. The molecule has 1 rings (SSSR count). The molecule has 1 aromatic carbocycles. The van der Waals surface area contributed by atoms with Crippen LogP contribution in [0.25, 0.3) is 0 Å². The molecule has 0 aliphatic carbocycles. The molecule has 0 aliphatic rings. The van der Waals surface area contributed by atoms with Crippen LogP contribution in [0.15, 0.2) is 29.2 Å². The fraction of sp³-hybridized carbons (Fsp3) is 0.538. The van der Waals surface area contributed by atoms with Gasteiger partial charge in [-0.25, -0.2) is 0 Å². The number of hydrogen-bond donors (Lipinski definition) is 2. The van der Waals surface area contributed by atoms with E-state index in [4.69, 9.17) is 4.74 Å². The van der Waals surface area contributed by atoms with E-state index in [1.807, 2.05) is 0 Å². The number of aliphatic hydroxyl groups excluding tert-OH is 1. The molecule has 0 amide bonds. The van der Waals surface area contributed by atoms with Crippen molar-refractivity contribution in [3.05, 3.63) is 29.8 Å². The molecule has 2 unspecified atom stereocenters. The number of aliphatic hydroxyl groups is 1. The molecule has 0 aliphatic heterocycles. The molecule has 3 nitrogen and oxygen atoms in total. The van der Waals surface area contributed by atoms with Crippen molar-refractivity contribution in [3.63, 3.8) is 0 Å². The molecule has 0 radical (unpaired) electrons. The maximum Gasteiger partial charge on any atom is 0.0897 e. The van der Waals surface area contributed by atoms with Crippen molar-refractivity contribution in [3.8, 4) is 0 Å². The molecule has 0 bridgehead atoms. The average molecular weight is 255 g/mol. The number of hydrogen-bond acceptors (Lipinski definition) is 4. The molecular weight excluding hydrogens is 234 g/mol. The number of rotatable bonds is 7. The Morgan fingerprint density at radius 3 is 2.53 bits per heavy atom. The van der Waals surface area contributed by atoms with Crippen LogP contribution in [0.2, 0.25) is 0 Å². The third-order valence-electron chi connectivity index (χ3n) is 2.63. The van der Waals surface area contributed by atoms with Crippen molar-refractivity contribution < 1.29 is 9.84 Å². The van der Waals surface area contributed by atoms with Crippen molar-refractivity contribution in [2.75, 3.05) is 26.5 Å². The minimum Gasteiger partial charge on any atom is -0.389 e. The third-order valence-corrected chi connectivity index (χ3v) is 3.38. The monoisotopic (exact) mass is 255 g/mol. The summed E-state index contributed by atoms with van der Waals surface area (Å²) in [5.41, 5.74) is 1.23. The summed E-state index contributed by atoms with van der Waals surface area (Å²) in [4.78, 5) is 1.26. The first kappa shape index (κ1) is 14.5. The molecule has 2 N–H and O–H groups in total. The van der Waals surface area contributed by atoms with Gasteiger partial charge in [0.2, 0.25) is 0 Å². The molecule has 17 heavy (non-hydrogen) atoms. The van der Waals surface area contributed by atoms with E-state index >= 15 is 0 Å². The fourth-order valence-electron chi connectivity index (χ4n) is 1.57. The van der Waals surface area contributed by atoms with Crippen LogP contribution in [-0.4, -0.2) is 37.7 Å². The summed E-state index contributed by atoms with van der Waals surface area (Å²) in [5, 5.41) is 12.8. The van der Waals surface area contributed by atoms with Gasteiger partial charge in [0, 0.05) is 24.6 Å². The minimum absolute atomic E-state index is 0.234. The number of nitrogens with one attached hydrogen (secondary N) is 1. The maximum atomic E-state index is 9.54. The van der Waals surface area contributed by atoms with Crippen LogP contribution in [0.4, 0.5) is 0 Å². The van der Waals surface area contributed by atoms with Crippen molar-refractivity contribution in [2.24, 2.45) is 0 Å². The Morgan fingerprint density at radius 2 is 2.00 bits per heavy atom. The third kappa shape index (κ3) is 5.08. The Bertz CT molecular complexity index is 316. The minimum atomic E-state index is -0.451. The van der Waals surface area contributed by atoms with E-state index in [0.29, 0.717) is 13.2 Å². The highest BCUT2D eigenvalue weighted by Crippen LogP contribution is 2.18. The fourth-order valence-corrected chi connectivity index (χ4v) is 1.98. The van der Waals surface area contributed by atoms with Gasteiger partial charge in [0.15, 0.2) is 0 Å². The van der Waals surface area contributed by atoms with Gasteiger partial charge in [-0.3, -0.25) is 0 Å². The van der Waals surface area contributed by atoms with E-state index in [0.717, 1.165) is 0 Å². The normalized spacial score (nSPS) is 14.6. The standard InChI is InChI=1S/C13H21NO2S/c1-10(14-8-12(15)9-16-2)11-4-6-13(17-3)7-5-11/h4-7,10,12,14-15H,8-9H2,1-3H3. The van der Waals surface area contributed by atoms with Gasteiger partial charge in [0.1, 0.15) is 0 Å². The number of methoxy groups -OCH3 is 1. The van der Waals surface area contributed by atoms with E-state index in [-0.39, 0.29) is 6.04 Å². The van der Waals surface area contributed by atoms with Crippen LogP contribution < -0.4 is 5.32 Å². The average Bonchev–Trinajstić information content (AvgIpc) is 2.36. The van der Waals surface area contributed by atoms with Crippen LogP contribution in [0.5, 0.6) is 0 Å². The second-order valence-corrected chi connectivity index (χ2v) is 4.89. The molecular formula is C13H21NO2S. The quantitative estimate of drug-likeness (QED) is 0.732. The number of benzene rings is 1. The predicted molar refractivity (Wildman–Crippen MR) is 72.5 cm³/mol. The van der Waals surface area contributed by atoms with Crippen molar-refractivity contribution in [1.82, 2.24) is 5.32 Å². The predicted octanol–water partition coefficient (Wildman–Crippen LogP) is 2.07. The van der Waals surface area contributed by atoms with Crippen molar-refractivity contribution in [1.29, 1.82) is 0 Å². The van der Waals surface area contributed by atoms with Gasteiger partial charge in [-0.1, -0.05) is 12.1 Å². The van der Waals surface area contributed by atoms with Gasteiger partial charge in [-0.05, 0) is 30.9 Å². The molecule has 0 heterocycles. The Kier molecular flexibility index (Phi) is 6.58. The highest BCUT2D eigenvalue weighted by molar-refractivity contribution is 7.98. The molecule has 1 aromatic rings. The Balaban J connectivity index is 2.43. The van der Waals surface area contributed by atoms with Gasteiger partial charge < -0.3 is 15.2 Å². The summed E-state index contributed by atoms with van der Waals surface area (Å²) in [5.74, 6) is 0. The van der Waals surface area contributed by atoms with Gasteiger partial charge in [-0.2, -0.15) is 0 Å². The summed E-state index contributed by atoms with van der Waals surface area (Å²) in [7, 11) is 1.59. The zero-order valence-corrected chi connectivity index (χ0v) is 11.5. The van der Waals surface area contributed by atoms with Gasteiger partial charge in [0.05, 0.1) is 12.7 Å². The van der Waals surface area contributed by atoms with Gasteiger partial charge >= 0.3 is 0 Å². The van der Waals surface area contributed by atoms with Crippen LogP contribution in [0.3, 0.4) is 0 Å². The van der Waals surface area contributed by atoms with Crippen LogP contribution in [-0.2, 0) is 4.74 Å². The first-order valence-electron chi connectivity index (χ1n) is 5.71. The topological polar surface area (TPSA) is 41.5 Å². The first-order chi connectivity index (χ1) is 8.17. The second-order valence-electron chi connectivity index (χ2n) is 4.01. The Hall–Kier alpha value is -0.550. The van der Waals surface area contributed by atoms with Gasteiger partial charge in [0.25, 0.3) is 0 Å². The highest BCUT2D eigenvalue weighted by Gasteiger charge is 2.08. The molecule has 0 aromatic heterocycles. The molecule has 2 atom stereocenters. The van der Waals surface area contributed by atoms with Crippen LogP contribution >= 0.6 is 11.8 Å². The molecule has 4 heteroatoms. The lowest BCUT2D eigenvalue weighted by atomic mass is 10.1. The summed E-state index contributed by atoms with van der Waals surface area (Å²) >= 11 is 1.74. The SMILES string of the molecule is COCC(O)CNC(C)c1ccc(SC)cc1. The smallest absolute Gasteiger partial charge is 0.0897 e. The molecule has 0 saturated heterocycles. The number of thioether (sulfide) groups is 1. The summed E-state index contributed by atoms with van der Waals surface area (Å²) in [6.45, 7) is 3.00. The van der Waals surface area contributed by atoms with E-state index in [1.165, 1.54) is 10.5 Å². The van der Waals surface area contributed by atoms with Crippen LogP contribution in [0, 0.1) is 0 Å². The maximum absolute atomic E-state index is 9.54. The second kappa shape index (κ2) is 7.71. The van der Waals surface area contributed by atoms with Crippen molar-refractivity contribution in [2.45, 2.75) is 24.0 Å². The highest BCUT2D eigenvalue weighted by atomic mass is 32.2. The molecule has 96 valence electrons. The molecule has 0 fully saturated rings. The number of ether oxygens (including phenoxy) is 1. The Morgan fingerprint density at radius 1 is 1.35 bits per heavy atom. The van der Waals surface area contributed by atoms with E-state index in [9.17, 15) is 5.11 Å². The molecule has 0 saturated carbocycles. The van der Waals surface area contributed by atoms with Crippen molar-refractivity contribution >= 4 is 11.8 Å². The lowest BCUT2D eigenvalue weighted by Gasteiger charge is -2.17. The van der Waals surface area contributed by atoms with E-state index in [1.54, 1.807) is 18.9 Å². The zero-order chi connectivity index (χ0) is 12.7. The van der Waals surface area contributed by atoms with Gasteiger partial charge in [-0.15, -0.1) is 11.8 Å². The summed E-state index contributed by atoms with van der Waals surface area (Å²) < 4.78 is 4.88. The Labute approximate surface area is 108 Å². The lowest BCUT2D eigenvalue weighted by molar-refractivity contribution is 0.0630. The lowest BCUT2D eigenvalue weighted by Crippen LogP contribution is -2.31. The summed E-state index contributed by atoms with van der Waals surface area (Å²) in [6, 6.07) is 8.70. The zero-order valence-electron chi connectivity index (χ0n) is 10.6. The summed E-state index contributed by atoms with van der Waals surface area (Å²) in [6.07, 6.45) is 1.62. The van der Waals surface area contributed by atoms with E-state index < -0.39 is 6.10 Å². The van der Waals surface area contributed by atoms with Crippen LogP contribution in [0.1, 0.15) is 18.5 Å².